The van der Waals surface area contributed by atoms with Gasteiger partial charge in [0.05, 0.1) is 26.4 Å². The standard InChI is InChI=1S/C15H16N2O3.C13H15NO4.ClH/c1-11-16-14(15(18)20-11)10-12-2-4-13(5-3-12)17-6-8-19-9-7-17;15-12(13(16)17)9-10-1-3-11(4-2-10)14-5-7-18-8-6-14;/h2-5,10H,6-9H2,1H3;1-4,9,15H,5-8H2,(H,16,17);1H/b14-10-;12-9+;. The van der Waals surface area contributed by atoms with Crippen molar-refractivity contribution in [3.05, 3.63) is 71.1 Å². The van der Waals surface area contributed by atoms with Gasteiger partial charge in [0.1, 0.15) is 0 Å². The summed E-state index contributed by atoms with van der Waals surface area (Å²) >= 11 is 0. The fraction of sp³-hybridized carbons (Fsp3) is 0.321. The molecule has 2 aromatic rings. The maximum absolute atomic E-state index is 11.5. The quantitative estimate of drug-likeness (QED) is 0.321. The van der Waals surface area contributed by atoms with Crippen molar-refractivity contribution in [3.63, 3.8) is 0 Å². The van der Waals surface area contributed by atoms with Crippen LogP contribution in [-0.4, -0.2) is 80.7 Å². The Bertz CT molecular complexity index is 1210. The number of carbonyl (C=O) groups is 2. The van der Waals surface area contributed by atoms with Gasteiger partial charge < -0.3 is 34.2 Å². The average Bonchev–Trinajstić information content (AvgIpc) is 3.26. The lowest BCUT2D eigenvalue weighted by Crippen LogP contribution is -2.36. The number of aliphatic hydroxyl groups excluding tert-OH is 1. The Morgan fingerprint density at radius 2 is 1.28 bits per heavy atom. The van der Waals surface area contributed by atoms with Crippen molar-refractivity contribution < 1.29 is 34.0 Å². The Balaban J connectivity index is 0.000000211. The molecule has 3 aliphatic rings. The number of esters is 1. The molecule has 0 saturated carbocycles. The van der Waals surface area contributed by atoms with E-state index in [1.807, 2.05) is 24.3 Å². The van der Waals surface area contributed by atoms with Crippen molar-refractivity contribution in [3.8, 4) is 0 Å². The Labute approximate surface area is 233 Å². The van der Waals surface area contributed by atoms with E-state index in [1.165, 1.54) is 11.8 Å². The minimum atomic E-state index is -1.33. The molecule has 3 aliphatic heterocycles. The molecule has 0 amide bonds. The topological polar surface area (TPSA) is 121 Å². The van der Waals surface area contributed by atoms with Gasteiger partial charge in [0.2, 0.25) is 5.76 Å². The van der Waals surface area contributed by atoms with E-state index in [4.69, 9.17) is 24.4 Å². The molecule has 2 saturated heterocycles. The van der Waals surface area contributed by atoms with Crippen molar-refractivity contribution in [2.75, 3.05) is 62.4 Å². The fourth-order valence-electron chi connectivity index (χ4n) is 4.10. The number of hydrogen-bond donors (Lipinski definition) is 2. The number of cyclic esters (lactones) is 1. The minimum Gasteiger partial charge on any atom is -0.502 e. The molecule has 2 N–H and O–H groups in total. The van der Waals surface area contributed by atoms with Gasteiger partial charge in [-0.3, -0.25) is 0 Å². The molecule has 0 bridgehead atoms. The molecule has 11 heteroatoms. The lowest BCUT2D eigenvalue weighted by molar-refractivity contribution is -0.135. The van der Waals surface area contributed by atoms with Gasteiger partial charge in [-0.25, -0.2) is 14.6 Å². The maximum atomic E-state index is 11.5. The monoisotopic (exact) mass is 557 g/mol. The first kappa shape index (κ1) is 29.7. The third-order valence-electron chi connectivity index (χ3n) is 6.09. The van der Waals surface area contributed by atoms with E-state index < -0.39 is 11.7 Å². The van der Waals surface area contributed by atoms with Crippen LogP contribution in [0.4, 0.5) is 11.4 Å². The van der Waals surface area contributed by atoms with Gasteiger partial charge in [-0.1, -0.05) is 24.3 Å². The predicted octanol–water partition coefficient (Wildman–Crippen LogP) is 3.77. The highest BCUT2D eigenvalue weighted by Gasteiger charge is 2.19. The summed E-state index contributed by atoms with van der Waals surface area (Å²) in [6, 6.07) is 15.4. The second kappa shape index (κ2) is 14.3. The Morgan fingerprint density at radius 3 is 1.69 bits per heavy atom. The number of hydrogen-bond acceptors (Lipinski definition) is 9. The number of aliphatic hydroxyl groups is 1. The Kier molecular flexibility index (Phi) is 10.9. The first-order valence-corrected chi connectivity index (χ1v) is 12.4. The van der Waals surface area contributed by atoms with Gasteiger partial charge >= 0.3 is 11.9 Å². The van der Waals surface area contributed by atoms with Crippen LogP contribution < -0.4 is 9.80 Å². The summed E-state index contributed by atoms with van der Waals surface area (Å²) in [5.74, 6) is -1.98. The molecule has 0 radical (unpaired) electrons. The van der Waals surface area contributed by atoms with Gasteiger partial charge in [-0.15, -0.1) is 12.4 Å². The zero-order valence-electron chi connectivity index (χ0n) is 21.6. The lowest BCUT2D eigenvalue weighted by atomic mass is 10.1. The molecule has 0 aromatic heterocycles. The number of nitrogens with zero attached hydrogens (tertiary/aromatic N) is 3. The van der Waals surface area contributed by atoms with E-state index in [2.05, 4.69) is 26.9 Å². The van der Waals surface area contributed by atoms with Crippen LogP contribution in [-0.2, 0) is 23.8 Å². The molecule has 0 spiro atoms. The van der Waals surface area contributed by atoms with Gasteiger partial charge in [0.25, 0.3) is 0 Å². The van der Waals surface area contributed by atoms with Crippen LogP contribution in [0.15, 0.2) is 65.0 Å². The van der Waals surface area contributed by atoms with Crippen LogP contribution in [0.3, 0.4) is 0 Å². The molecular weight excluding hydrogens is 526 g/mol. The van der Waals surface area contributed by atoms with Gasteiger partial charge in [-0.05, 0) is 47.5 Å². The molecule has 39 heavy (non-hydrogen) atoms. The zero-order valence-corrected chi connectivity index (χ0v) is 22.4. The molecule has 0 unspecified atom stereocenters. The number of halogens is 1. The first-order chi connectivity index (χ1) is 18.4. The van der Waals surface area contributed by atoms with Crippen LogP contribution >= 0.6 is 12.4 Å². The summed E-state index contributed by atoms with van der Waals surface area (Å²) in [6.07, 6.45) is 2.97. The van der Waals surface area contributed by atoms with Crippen molar-refractivity contribution in [1.29, 1.82) is 0 Å². The molecule has 0 aliphatic carbocycles. The van der Waals surface area contributed by atoms with E-state index >= 15 is 0 Å². The number of aliphatic carboxylic acids is 1. The number of morpholine rings is 2. The number of carboxylic acids is 1. The van der Waals surface area contributed by atoms with Crippen molar-refractivity contribution >= 4 is 53.8 Å². The summed E-state index contributed by atoms with van der Waals surface area (Å²) in [6.45, 7) is 8.19. The van der Waals surface area contributed by atoms with Crippen LogP contribution in [0.2, 0.25) is 0 Å². The second-order valence-corrected chi connectivity index (χ2v) is 8.77. The second-order valence-electron chi connectivity index (χ2n) is 8.77. The highest BCUT2D eigenvalue weighted by Crippen LogP contribution is 2.20. The van der Waals surface area contributed by atoms with E-state index in [0.717, 1.165) is 63.9 Å². The van der Waals surface area contributed by atoms with Crippen molar-refractivity contribution in [2.24, 2.45) is 4.99 Å². The van der Waals surface area contributed by atoms with Crippen LogP contribution in [0, 0.1) is 0 Å². The molecule has 10 nitrogen and oxygen atoms in total. The summed E-state index contributed by atoms with van der Waals surface area (Å²) in [5, 5.41) is 17.7. The largest absolute Gasteiger partial charge is 0.502 e. The van der Waals surface area contributed by atoms with E-state index in [-0.39, 0.29) is 18.4 Å². The normalized spacial score (nSPS) is 18.5. The molecule has 0 atom stereocenters. The number of anilines is 2. The van der Waals surface area contributed by atoms with Gasteiger partial charge in [-0.2, -0.15) is 0 Å². The zero-order chi connectivity index (χ0) is 26.9. The Hall–Kier alpha value is -3.86. The summed E-state index contributed by atoms with van der Waals surface area (Å²) in [7, 11) is 0. The highest BCUT2D eigenvalue weighted by atomic mass is 35.5. The van der Waals surface area contributed by atoms with Crippen LogP contribution in [0.25, 0.3) is 12.2 Å². The third kappa shape index (κ3) is 8.57. The molecule has 2 aromatic carbocycles. The third-order valence-corrected chi connectivity index (χ3v) is 6.09. The van der Waals surface area contributed by atoms with Gasteiger partial charge in [0, 0.05) is 44.5 Å². The maximum Gasteiger partial charge on any atom is 0.370 e. The SMILES string of the molecule is CC1=N/C(=C\c2ccc(N3CCOCC3)cc2)C(=O)O1.Cl.O=C(O)/C(O)=C\c1ccc(N2CCOCC2)cc1. The molecule has 3 heterocycles. The van der Waals surface area contributed by atoms with Crippen molar-refractivity contribution in [1.82, 2.24) is 0 Å². The summed E-state index contributed by atoms with van der Waals surface area (Å²) < 4.78 is 15.5. The predicted molar refractivity (Wildman–Crippen MR) is 152 cm³/mol. The number of rotatable bonds is 5. The lowest BCUT2D eigenvalue weighted by Gasteiger charge is -2.28. The van der Waals surface area contributed by atoms with Crippen LogP contribution in [0.1, 0.15) is 18.1 Å². The van der Waals surface area contributed by atoms with Crippen molar-refractivity contribution in [2.45, 2.75) is 6.92 Å². The molecule has 208 valence electrons. The number of benzene rings is 2. The van der Waals surface area contributed by atoms with Gasteiger partial charge in [0.15, 0.2) is 11.6 Å². The highest BCUT2D eigenvalue weighted by molar-refractivity contribution is 6.06. The number of aliphatic imine (C=N–C) groups is 1. The van der Waals surface area contributed by atoms with E-state index in [1.54, 1.807) is 25.1 Å². The first-order valence-electron chi connectivity index (χ1n) is 12.4. The number of ether oxygens (including phenoxy) is 3. The van der Waals surface area contributed by atoms with E-state index in [0.29, 0.717) is 17.2 Å². The van der Waals surface area contributed by atoms with Crippen LogP contribution in [0.5, 0.6) is 0 Å². The Morgan fingerprint density at radius 1 is 0.821 bits per heavy atom. The summed E-state index contributed by atoms with van der Waals surface area (Å²) in [4.78, 5) is 30.5. The smallest absolute Gasteiger partial charge is 0.370 e. The summed E-state index contributed by atoms with van der Waals surface area (Å²) in [5.41, 5.74) is 4.19. The molecular formula is C28H32ClN3O7. The fourth-order valence-corrected chi connectivity index (χ4v) is 4.10. The average molecular weight is 558 g/mol. The number of carboxylic acid groups (broad SMARTS) is 1. The minimum absolute atomic E-state index is 0. The van der Waals surface area contributed by atoms with E-state index in [9.17, 15) is 9.59 Å². The molecule has 5 rings (SSSR count). The molecule has 2 fully saturated rings. The number of carbonyl (C=O) groups excluding carboxylic acids is 1.